The molecule has 0 unspecified atom stereocenters. The molecule has 4 nitrogen and oxygen atoms in total. The number of fused-ring (bicyclic) bond motifs is 1. The van der Waals surface area contributed by atoms with E-state index in [0.29, 0.717) is 12.2 Å². The zero-order chi connectivity index (χ0) is 17.1. The second-order valence-corrected chi connectivity index (χ2v) is 6.08. The van der Waals surface area contributed by atoms with Gasteiger partial charge in [-0.2, -0.15) is 0 Å². The predicted molar refractivity (Wildman–Crippen MR) is 94.8 cm³/mol. The van der Waals surface area contributed by atoms with Crippen molar-refractivity contribution in [2.45, 2.75) is 38.8 Å². The average Bonchev–Trinajstić information content (AvgIpc) is 2.95. The fourth-order valence-electron chi connectivity index (χ4n) is 3.18. The number of carbonyl (C=O) groups excluding carboxylic acids is 1. The van der Waals surface area contributed by atoms with Crippen molar-refractivity contribution in [3.63, 3.8) is 0 Å². The molecule has 1 aliphatic rings. The highest BCUT2D eigenvalue weighted by molar-refractivity contribution is 5.99. The van der Waals surface area contributed by atoms with E-state index >= 15 is 0 Å². The summed E-state index contributed by atoms with van der Waals surface area (Å²) in [4.78, 5) is 14.9. The Balaban J connectivity index is 1.79. The first kappa shape index (κ1) is 16.4. The molecule has 4 heteroatoms. The van der Waals surface area contributed by atoms with Gasteiger partial charge in [0.1, 0.15) is 11.5 Å². The van der Waals surface area contributed by atoms with E-state index in [1.807, 2.05) is 54.3 Å². The number of hydrogen-bond acceptors (Lipinski definition) is 3. The third-order valence-corrected chi connectivity index (χ3v) is 4.43. The quantitative estimate of drug-likeness (QED) is 0.838. The van der Waals surface area contributed by atoms with E-state index in [1.54, 1.807) is 7.11 Å². The summed E-state index contributed by atoms with van der Waals surface area (Å²) in [5.41, 5.74) is 2.23. The molecule has 2 aromatic carbocycles. The number of rotatable bonds is 5. The minimum absolute atomic E-state index is 0.0192. The lowest BCUT2D eigenvalue weighted by molar-refractivity contribution is -0.125. The third-order valence-electron chi connectivity index (χ3n) is 4.43. The highest BCUT2D eigenvalue weighted by Crippen LogP contribution is 2.33. The van der Waals surface area contributed by atoms with Crippen molar-refractivity contribution < 1.29 is 14.3 Å². The molecule has 0 aromatic heterocycles. The number of hydrogen-bond donors (Lipinski definition) is 0. The first-order valence-corrected chi connectivity index (χ1v) is 8.35. The summed E-state index contributed by atoms with van der Waals surface area (Å²) in [6, 6.07) is 15.6. The van der Waals surface area contributed by atoms with E-state index in [0.717, 1.165) is 17.9 Å². The number of benzene rings is 2. The highest BCUT2D eigenvalue weighted by atomic mass is 16.5. The minimum atomic E-state index is -0.494. The maximum atomic E-state index is 13.1. The van der Waals surface area contributed by atoms with Crippen molar-refractivity contribution in [1.29, 1.82) is 0 Å². The molecule has 0 saturated heterocycles. The molecule has 1 amide bonds. The average molecular weight is 325 g/mol. The summed E-state index contributed by atoms with van der Waals surface area (Å²) in [6.07, 6.45) is 1.02. The van der Waals surface area contributed by atoms with Crippen molar-refractivity contribution in [1.82, 2.24) is 0 Å². The van der Waals surface area contributed by atoms with Gasteiger partial charge in [-0.05, 0) is 55.7 Å². The summed E-state index contributed by atoms with van der Waals surface area (Å²) in [5, 5.41) is 0. The summed E-state index contributed by atoms with van der Waals surface area (Å²) in [6.45, 7) is 4.05. The summed E-state index contributed by atoms with van der Waals surface area (Å²) in [7, 11) is 1.63. The van der Waals surface area contributed by atoms with Crippen LogP contribution in [0.2, 0.25) is 0 Å². The molecule has 126 valence electrons. The van der Waals surface area contributed by atoms with Crippen molar-refractivity contribution in [3.05, 3.63) is 54.1 Å². The van der Waals surface area contributed by atoms with Gasteiger partial charge < -0.3 is 14.4 Å². The van der Waals surface area contributed by atoms with Crippen LogP contribution in [0.25, 0.3) is 0 Å². The van der Waals surface area contributed by atoms with Crippen LogP contribution in [0.4, 0.5) is 5.69 Å². The highest BCUT2D eigenvalue weighted by Gasteiger charge is 2.34. The minimum Gasteiger partial charge on any atom is -0.497 e. The van der Waals surface area contributed by atoms with E-state index in [2.05, 4.69) is 13.0 Å². The van der Waals surface area contributed by atoms with Crippen LogP contribution in [0.3, 0.4) is 0 Å². The van der Waals surface area contributed by atoms with Crippen LogP contribution in [0.5, 0.6) is 11.5 Å². The lowest BCUT2D eigenvalue weighted by atomic mass is 10.1. The molecule has 0 saturated carbocycles. The molecule has 3 rings (SSSR count). The molecule has 0 bridgehead atoms. The van der Waals surface area contributed by atoms with Crippen LogP contribution in [-0.4, -0.2) is 25.2 Å². The van der Waals surface area contributed by atoms with E-state index in [4.69, 9.17) is 9.47 Å². The van der Waals surface area contributed by atoms with Crippen LogP contribution in [-0.2, 0) is 11.2 Å². The van der Waals surface area contributed by atoms with Gasteiger partial charge in [-0.1, -0.05) is 25.1 Å². The molecule has 0 fully saturated rings. The van der Waals surface area contributed by atoms with Crippen LogP contribution in [0.1, 0.15) is 25.8 Å². The molecule has 1 heterocycles. The first-order valence-electron chi connectivity index (χ1n) is 8.35. The third kappa shape index (κ3) is 3.09. The Labute approximate surface area is 143 Å². The number of anilines is 1. The fourth-order valence-corrected chi connectivity index (χ4v) is 3.18. The first-order chi connectivity index (χ1) is 11.6. The Morgan fingerprint density at radius 1 is 1.17 bits per heavy atom. The Kier molecular flexibility index (Phi) is 4.74. The summed E-state index contributed by atoms with van der Waals surface area (Å²) in [5.74, 6) is 1.46. The molecular formula is C20H23NO3. The van der Waals surface area contributed by atoms with Gasteiger partial charge in [-0.25, -0.2) is 0 Å². The maximum absolute atomic E-state index is 13.1. The Morgan fingerprint density at radius 3 is 2.50 bits per heavy atom. The zero-order valence-electron chi connectivity index (χ0n) is 14.4. The van der Waals surface area contributed by atoms with Crippen LogP contribution in [0.15, 0.2) is 48.5 Å². The number of methoxy groups -OCH3 is 1. The summed E-state index contributed by atoms with van der Waals surface area (Å²) >= 11 is 0. The Bertz CT molecular complexity index is 711. The smallest absolute Gasteiger partial charge is 0.268 e. The van der Waals surface area contributed by atoms with Crippen LogP contribution < -0.4 is 14.4 Å². The van der Waals surface area contributed by atoms with E-state index in [9.17, 15) is 4.79 Å². The van der Waals surface area contributed by atoms with E-state index in [1.165, 1.54) is 5.56 Å². The van der Waals surface area contributed by atoms with Gasteiger partial charge in [0.05, 0.1) is 7.11 Å². The molecular weight excluding hydrogens is 302 g/mol. The lowest BCUT2D eigenvalue weighted by Gasteiger charge is -2.27. The number of amides is 1. The molecule has 0 radical (unpaired) electrons. The number of nitrogens with zero attached hydrogens (tertiary/aromatic N) is 1. The number of carbonyl (C=O) groups is 1. The Hall–Kier alpha value is -2.49. The number of para-hydroxylation sites is 1. The molecule has 1 aliphatic heterocycles. The van der Waals surface area contributed by atoms with E-state index in [-0.39, 0.29) is 11.9 Å². The standard InChI is InChI=1S/C20H23NO3/c1-4-19(24-17-11-9-16(23-3)10-12-17)20(22)21-14(2)13-15-7-5-6-8-18(15)21/h5-12,14,19H,4,13H2,1-3H3/t14-,19+/m0/s1. The predicted octanol–water partition coefficient (Wildman–Crippen LogP) is 3.83. The largest absolute Gasteiger partial charge is 0.497 e. The second kappa shape index (κ2) is 6.95. The molecule has 2 aromatic rings. The molecule has 2 atom stereocenters. The SMILES string of the molecule is CC[C@@H](Oc1ccc(OC)cc1)C(=O)N1c2ccccc2C[C@@H]1C. The van der Waals surface area contributed by atoms with E-state index < -0.39 is 6.10 Å². The van der Waals surface area contributed by atoms with Crippen molar-refractivity contribution in [2.24, 2.45) is 0 Å². The molecule has 0 spiro atoms. The molecule has 0 N–H and O–H groups in total. The van der Waals surface area contributed by atoms with Gasteiger partial charge in [-0.15, -0.1) is 0 Å². The molecule has 0 aliphatic carbocycles. The van der Waals surface area contributed by atoms with Gasteiger partial charge in [-0.3, -0.25) is 4.79 Å². The second-order valence-electron chi connectivity index (χ2n) is 6.08. The lowest BCUT2D eigenvalue weighted by Crippen LogP contribution is -2.44. The van der Waals surface area contributed by atoms with Crippen LogP contribution >= 0.6 is 0 Å². The monoisotopic (exact) mass is 325 g/mol. The van der Waals surface area contributed by atoms with Crippen LogP contribution in [0, 0.1) is 0 Å². The summed E-state index contributed by atoms with van der Waals surface area (Å²) < 4.78 is 11.1. The van der Waals surface area contributed by atoms with Gasteiger partial charge in [0.25, 0.3) is 5.91 Å². The maximum Gasteiger partial charge on any atom is 0.268 e. The zero-order valence-corrected chi connectivity index (χ0v) is 14.4. The normalized spacial score (nSPS) is 17.3. The van der Waals surface area contributed by atoms with Crippen molar-refractivity contribution >= 4 is 11.6 Å². The topological polar surface area (TPSA) is 38.8 Å². The fraction of sp³-hybridized carbons (Fsp3) is 0.350. The van der Waals surface area contributed by atoms with Gasteiger partial charge >= 0.3 is 0 Å². The molecule has 24 heavy (non-hydrogen) atoms. The Morgan fingerprint density at radius 2 is 1.83 bits per heavy atom. The van der Waals surface area contributed by atoms with Gasteiger partial charge in [0.2, 0.25) is 0 Å². The van der Waals surface area contributed by atoms with Crippen molar-refractivity contribution in [3.8, 4) is 11.5 Å². The van der Waals surface area contributed by atoms with Crippen molar-refractivity contribution in [2.75, 3.05) is 12.0 Å². The van der Waals surface area contributed by atoms with Gasteiger partial charge in [0, 0.05) is 11.7 Å². The van der Waals surface area contributed by atoms with Gasteiger partial charge in [0.15, 0.2) is 6.10 Å². The number of ether oxygens (including phenoxy) is 2.